The number of thiophene rings is 1. The average molecular weight is 423 g/mol. The molecule has 0 aliphatic carbocycles. The number of benzene rings is 2. The van der Waals surface area contributed by atoms with Gasteiger partial charge in [-0.25, -0.2) is 9.37 Å². The molecule has 2 heterocycles. The van der Waals surface area contributed by atoms with Crippen LogP contribution in [0.5, 0.6) is 0 Å². The molecular weight excluding hydrogens is 407 g/mol. The first-order chi connectivity index (χ1) is 14.2. The van der Waals surface area contributed by atoms with E-state index in [2.05, 4.69) is 20.8 Å². The van der Waals surface area contributed by atoms with E-state index >= 15 is 0 Å². The van der Waals surface area contributed by atoms with Crippen LogP contribution < -0.4 is 10.7 Å². The maximum Gasteiger partial charge on any atom is 0.256 e. The highest BCUT2D eigenvalue weighted by atomic mass is 32.1. The van der Waals surface area contributed by atoms with Crippen LogP contribution in [0.15, 0.2) is 77.2 Å². The Morgan fingerprint density at radius 3 is 2.55 bits per heavy atom. The lowest BCUT2D eigenvalue weighted by Gasteiger charge is -2.05. The maximum absolute atomic E-state index is 13.3. The van der Waals surface area contributed by atoms with Crippen molar-refractivity contribution in [2.24, 2.45) is 5.10 Å². The Bertz CT molecular complexity index is 1120. The molecule has 0 bridgehead atoms. The number of hydrogen-bond acceptors (Lipinski definition) is 6. The van der Waals surface area contributed by atoms with Gasteiger partial charge in [0, 0.05) is 16.0 Å². The van der Waals surface area contributed by atoms with Gasteiger partial charge in [-0.3, -0.25) is 10.2 Å². The van der Waals surface area contributed by atoms with Crippen molar-refractivity contribution in [2.75, 3.05) is 10.7 Å². The van der Waals surface area contributed by atoms with Crippen molar-refractivity contribution >= 4 is 44.9 Å². The molecule has 2 aromatic carbocycles. The Kier molecular flexibility index (Phi) is 5.73. The fourth-order valence-electron chi connectivity index (χ4n) is 2.54. The van der Waals surface area contributed by atoms with Gasteiger partial charge in [-0.05, 0) is 47.8 Å². The van der Waals surface area contributed by atoms with Crippen LogP contribution in [0.4, 0.5) is 14.5 Å². The molecule has 144 valence electrons. The topological polar surface area (TPSA) is 66.4 Å². The molecule has 0 saturated heterocycles. The Labute approximate surface area is 174 Å². The number of halogens is 1. The van der Waals surface area contributed by atoms with E-state index < -0.39 is 0 Å². The van der Waals surface area contributed by atoms with Crippen molar-refractivity contribution in [1.82, 2.24) is 4.98 Å². The highest BCUT2D eigenvalue weighted by molar-refractivity contribution is 7.20. The van der Waals surface area contributed by atoms with Crippen molar-refractivity contribution in [3.05, 3.63) is 88.4 Å². The molecule has 0 aliphatic heterocycles. The molecule has 0 fully saturated rings. The molecule has 0 atom stereocenters. The lowest BCUT2D eigenvalue weighted by Crippen LogP contribution is -2.11. The molecule has 8 heteroatoms. The second-order valence-electron chi connectivity index (χ2n) is 5.91. The van der Waals surface area contributed by atoms with Crippen LogP contribution in [-0.4, -0.2) is 17.1 Å². The second-order valence-corrected chi connectivity index (χ2v) is 7.89. The van der Waals surface area contributed by atoms with Gasteiger partial charge in [0.2, 0.25) is 5.13 Å². The molecule has 1 amide bonds. The summed E-state index contributed by atoms with van der Waals surface area (Å²) in [5.74, 6) is -0.580. The minimum Gasteiger partial charge on any atom is -0.312 e. The first-order valence-corrected chi connectivity index (χ1v) is 10.3. The quantitative estimate of drug-likeness (QED) is 0.309. The Morgan fingerprint density at radius 1 is 1.03 bits per heavy atom. The summed E-state index contributed by atoms with van der Waals surface area (Å²) in [4.78, 5) is 18.1. The smallest absolute Gasteiger partial charge is 0.256 e. The zero-order chi connectivity index (χ0) is 20.1. The van der Waals surface area contributed by atoms with Crippen molar-refractivity contribution in [3.8, 4) is 11.3 Å². The van der Waals surface area contributed by atoms with Crippen molar-refractivity contribution in [2.45, 2.75) is 0 Å². The van der Waals surface area contributed by atoms with E-state index in [0.717, 1.165) is 4.88 Å². The van der Waals surface area contributed by atoms with Crippen LogP contribution in [0.3, 0.4) is 0 Å². The molecule has 2 N–H and O–H groups in total. The monoisotopic (exact) mass is 422 g/mol. The first-order valence-electron chi connectivity index (χ1n) is 8.65. The summed E-state index contributed by atoms with van der Waals surface area (Å²) in [5, 5.41) is 10.1. The van der Waals surface area contributed by atoms with E-state index in [9.17, 15) is 9.18 Å². The number of hydrazone groups is 1. The van der Waals surface area contributed by atoms with Gasteiger partial charge < -0.3 is 5.32 Å². The molecule has 5 nitrogen and oxygen atoms in total. The number of hydrogen-bond donors (Lipinski definition) is 2. The van der Waals surface area contributed by atoms with Gasteiger partial charge in [0.15, 0.2) is 0 Å². The number of rotatable bonds is 6. The molecule has 2 aromatic heterocycles. The third kappa shape index (κ3) is 4.74. The van der Waals surface area contributed by atoms with E-state index in [0.29, 0.717) is 27.0 Å². The summed E-state index contributed by atoms with van der Waals surface area (Å²) in [6.45, 7) is 0. The Balaban J connectivity index is 1.61. The van der Waals surface area contributed by atoms with Gasteiger partial charge in [-0.2, -0.15) is 5.10 Å². The van der Waals surface area contributed by atoms with E-state index in [1.165, 1.54) is 23.5 Å². The van der Waals surface area contributed by atoms with Crippen LogP contribution >= 0.6 is 22.7 Å². The van der Waals surface area contributed by atoms with Crippen LogP contribution in [0.25, 0.3) is 11.3 Å². The largest absolute Gasteiger partial charge is 0.312 e. The minimum absolute atomic E-state index is 0.244. The number of nitrogens with zero attached hydrogens (tertiary/aromatic N) is 2. The fourth-order valence-corrected chi connectivity index (χ4v) is 3.95. The molecule has 4 aromatic rings. The van der Waals surface area contributed by atoms with Gasteiger partial charge in [0.1, 0.15) is 16.5 Å². The SMILES string of the molecule is O=C(Nc1sc(N/N=C/c2cccs2)nc1-c1ccc(F)cc1)c1ccccc1. The van der Waals surface area contributed by atoms with Gasteiger partial charge in [-0.15, -0.1) is 11.3 Å². The average Bonchev–Trinajstić information content (AvgIpc) is 3.40. The van der Waals surface area contributed by atoms with Crippen molar-refractivity contribution in [1.29, 1.82) is 0 Å². The second kappa shape index (κ2) is 8.76. The molecule has 0 unspecified atom stereocenters. The highest BCUT2D eigenvalue weighted by Crippen LogP contribution is 2.36. The van der Waals surface area contributed by atoms with E-state index in [1.54, 1.807) is 53.9 Å². The highest BCUT2D eigenvalue weighted by Gasteiger charge is 2.16. The Morgan fingerprint density at radius 2 is 1.83 bits per heavy atom. The number of thiazole rings is 1. The van der Waals surface area contributed by atoms with E-state index in [4.69, 9.17) is 0 Å². The van der Waals surface area contributed by atoms with Crippen LogP contribution in [0, 0.1) is 5.82 Å². The molecular formula is C21H15FN4OS2. The van der Waals surface area contributed by atoms with Crippen molar-refractivity contribution < 1.29 is 9.18 Å². The molecule has 0 spiro atoms. The van der Waals surface area contributed by atoms with Crippen LogP contribution in [0.2, 0.25) is 0 Å². The molecule has 0 aliphatic rings. The fraction of sp³-hybridized carbons (Fsp3) is 0. The molecule has 0 saturated carbocycles. The number of aromatic nitrogens is 1. The summed E-state index contributed by atoms with van der Waals surface area (Å²) in [6.07, 6.45) is 1.70. The lowest BCUT2D eigenvalue weighted by atomic mass is 10.1. The number of amides is 1. The zero-order valence-electron chi connectivity index (χ0n) is 15.0. The summed E-state index contributed by atoms with van der Waals surface area (Å²) in [6, 6.07) is 18.8. The number of nitrogens with one attached hydrogen (secondary N) is 2. The number of anilines is 2. The van der Waals surface area contributed by atoms with E-state index in [-0.39, 0.29) is 11.7 Å². The third-order valence-corrected chi connectivity index (χ3v) is 5.59. The van der Waals surface area contributed by atoms with Crippen LogP contribution in [0.1, 0.15) is 15.2 Å². The summed E-state index contributed by atoms with van der Waals surface area (Å²) >= 11 is 2.83. The predicted octanol–water partition coefficient (Wildman–Crippen LogP) is 5.71. The zero-order valence-corrected chi connectivity index (χ0v) is 16.6. The standard InChI is InChI=1S/C21H15FN4OS2/c22-16-10-8-14(9-11-16)18-20(25-19(27)15-5-2-1-3-6-15)29-21(24-18)26-23-13-17-7-4-12-28-17/h1-13H,(H,24,26)(H,25,27)/b23-13+. The van der Waals surface area contributed by atoms with Crippen molar-refractivity contribution in [3.63, 3.8) is 0 Å². The first kappa shape index (κ1) is 19.0. The Hall–Kier alpha value is -3.36. The predicted molar refractivity (Wildman–Crippen MR) is 117 cm³/mol. The molecule has 29 heavy (non-hydrogen) atoms. The summed E-state index contributed by atoms with van der Waals surface area (Å²) in [5.41, 5.74) is 4.68. The number of carbonyl (C=O) groups is 1. The van der Waals surface area contributed by atoms with E-state index in [1.807, 2.05) is 23.6 Å². The van der Waals surface area contributed by atoms with Gasteiger partial charge in [0.05, 0.1) is 6.21 Å². The lowest BCUT2D eigenvalue weighted by molar-refractivity contribution is 0.102. The maximum atomic E-state index is 13.3. The van der Waals surface area contributed by atoms with Gasteiger partial charge in [-0.1, -0.05) is 35.6 Å². The minimum atomic E-state index is -0.335. The third-order valence-electron chi connectivity index (χ3n) is 3.90. The normalized spacial score (nSPS) is 10.9. The molecule has 0 radical (unpaired) electrons. The number of carbonyl (C=O) groups excluding carboxylic acids is 1. The van der Waals surface area contributed by atoms with Gasteiger partial charge >= 0.3 is 0 Å². The summed E-state index contributed by atoms with van der Waals surface area (Å²) in [7, 11) is 0. The summed E-state index contributed by atoms with van der Waals surface area (Å²) < 4.78 is 13.3. The molecule has 4 rings (SSSR count). The van der Waals surface area contributed by atoms with Gasteiger partial charge in [0.25, 0.3) is 5.91 Å². The van der Waals surface area contributed by atoms with Crippen LogP contribution in [-0.2, 0) is 0 Å².